The van der Waals surface area contributed by atoms with Gasteiger partial charge in [0, 0.05) is 12.5 Å². The van der Waals surface area contributed by atoms with Crippen LogP contribution in [-0.2, 0) is 14.8 Å². The molecule has 0 saturated carbocycles. The maximum Gasteiger partial charge on any atom is 0.234 e. The molecule has 0 bridgehead atoms. The average Bonchev–Trinajstić information content (AvgIpc) is 2.01. The van der Waals surface area contributed by atoms with Crippen LogP contribution in [0.1, 0.15) is 33.6 Å². The second-order valence-corrected chi connectivity index (χ2v) is 5.35. The summed E-state index contributed by atoms with van der Waals surface area (Å²) in [6, 6.07) is -0.00757. The molecule has 0 radical (unpaired) electrons. The van der Waals surface area contributed by atoms with E-state index in [1.807, 2.05) is 18.6 Å². The molecule has 0 aromatic rings. The maximum atomic E-state index is 11.3. The van der Waals surface area contributed by atoms with Crippen molar-refractivity contribution in [1.82, 2.24) is 10.0 Å². The molecule has 0 aliphatic rings. The molecule has 0 aromatic heterocycles. The van der Waals surface area contributed by atoms with Gasteiger partial charge in [-0.2, -0.15) is 0 Å². The van der Waals surface area contributed by atoms with Gasteiger partial charge in [-0.3, -0.25) is 9.52 Å². The van der Waals surface area contributed by atoms with Gasteiger partial charge in [-0.15, -0.1) is 0 Å². The molecule has 0 saturated heterocycles. The second kappa shape index (κ2) is 6.79. The van der Waals surface area contributed by atoms with Crippen LogP contribution in [0.3, 0.4) is 0 Å². The Labute approximate surface area is 91.7 Å². The fourth-order valence-corrected chi connectivity index (χ4v) is 2.30. The summed E-state index contributed by atoms with van der Waals surface area (Å²) in [6.45, 7) is 6.29. The quantitative estimate of drug-likeness (QED) is 0.663. The topological polar surface area (TPSA) is 75.3 Å². The number of amides is 1. The first kappa shape index (κ1) is 14.4. The lowest BCUT2D eigenvalue weighted by Crippen LogP contribution is -2.37. The largest absolute Gasteiger partial charge is 0.314 e. The summed E-state index contributed by atoms with van der Waals surface area (Å²) < 4.78 is 24.5. The smallest absolute Gasteiger partial charge is 0.234 e. The highest BCUT2D eigenvalue weighted by molar-refractivity contribution is 7.90. The molecule has 0 aliphatic heterocycles. The molecule has 6 heteroatoms. The summed E-state index contributed by atoms with van der Waals surface area (Å²) in [6.07, 6.45) is 0.683. The normalized spacial score (nSPS) is 13.5. The van der Waals surface area contributed by atoms with Gasteiger partial charge in [0.05, 0.1) is 5.75 Å². The van der Waals surface area contributed by atoms with Crippen molar-refractivity contribution in [2.45, 2.75) is 39.7 Å². The van der Waals surface area contributed by atoms with E-state index < -0.39 is 15.9 Å². The lowest BCUT2D eigenvalue weighted by atomic mass is 10.2. The average molecular weight is 236 g/mol. The molecule has 90 valence electrons. The predicted octanol–water partition coefficient (Wildman–Crippen LogP) is 0.231. The fourth-order valence-electron chi connectivity index (χ4n) is 1.23. The predicted molar refractivity (Wildman–Crippen MR) is 60.0 cm³/mol. The highest BCUT2D eigenvalue weighted by Crippen LogP contribution is 1.94. The summed E-state index contributed by atoms with van der Waals surface area (Å²) in [5, 5.41) is 3.04. The molecule has 15 heavy (non-hydrogen) atoms. The van der Waals surface area contributed by atoms with Gasteiger partial charge in [-0.05, 0) is 19.9 Å². The highest BCUT2D eigenvalue weighted by atomic mass is 32.2. The molecule has 0 heterocycles. The molecule has 0 aromatic carbocycles. The molecule has 0 rings (SSSR count). The van der Waals surface area contributed by atoms with Gasteiger partial charge in [-0.25, -0.2) is 8.42 Å². The van der Waals surface area contributed by atoms with Crippen molar-refractivity contribution in [3.05, 3.63) is 0 Å². The zero-order valence-electron chi connectivity index (χ0n) is 9.54. The van der Waals surface area contributed by atoms with Crippen LogP contribution in [0, 0.1) is 0 Å². The zero-order valence-corrected chi connectivity index (χ0v) is 10.4. The molecule has 0 fully saturated rings. The minimum atomic E-state index is -3.42. The van der Waals surface area contributed by atoms with E-state index >= 15 is 0 Å². The monoisotopic (exact) mass is 236 g/mol. The molecular weight excluding hydrogens is 216 g/mol. The van der Waals surface area contributed by atoms with Crippen LogP contribution in [0.15, 0.2) is 0 Å². The van der Waals surface area contributed by atoms with Gasteiger partial charge >= 0.3 is 0 Å². The minimum absolute atomic E-state index is 0.00563. The van der Waals surface area contributed by atoms with Gasteiger partial charge in [0.25, 0.3) is 0 Å². The van der Waals surface area contributed by atoms with Crippen molar-refractivity contribution in [3.8, 4) is 0 Å². The first-order chi connectivity index (χ1) is 6.91. The number of carbonyl (C=O) groups excluding carboxylic acids is 1. The van der Waals surface area contributed by atoms with E-state index in [9.17, 15) is 13.2 Å². The standard InChI is InChI=1S/C9H20N2O3S/c1-4-6-15(13,14)11-9(12)7-8(3)10-5-2/h8,10H,4-7H2,1-3H3,(H,11,12). The molecule has 1 unspecified atom stereocenters. The summed E-state index contributed by atoms with van der Waals surface area (Å²) >= 11 is 0. The third-order valence-corrected chi connectivity index (χ3v) is 3.27. The van der Waals surface area contributed by atoms with Gasteiger partial charge in [0.1, 0.15) is 0 Å². The van der Waals surface area contributed by atoms with Crippen molar-refractivity contribution in [3.63, 3.8) is 0 Å². The van der Waals surface area contributed by atoms with Crippen LogP contribution in [-0.4, -0.2) is 32.7 Å². The van der Waals surface area contributed by atoms with E-state index in [1.165, 1.54) is 0 Å². The lowest BCUT2D eigenvalue weighted by Gasteiger charge is -2.11. The third-order valence-electron chi connectivity index (χ3n) is 1.79. The Morgan fingerprint density at radius 2 is 1.93 bits per heavy atom. The Bertz CT molecular complexity index is 288. The van der Waals surface area contributed by atoms with Crippen LogP contribution in [0.5, 0.6) is 0 Å². The molecule has 0 spiro atoms. The van der Waals surface area contributed by atoms with Crippen LogP contribution in [0.2, 0.25) is 0 Å². The molecule has 1 amide bonds. The van der Waals surface area contributed by atoms with E-state index in [4.69, 9.17) is 0 Å². The van der Waals surface area contributed by atoms with Crippen molar-refractivity contribution in [2.24, 2.45) is 0 Å². The third kappa shape index (κ3) is 7.33. The van der Waals surface area contributed by atoms with E-state index in [2.05, 4.69) is 5.32 Å². The van der Waals surface area contributed by atoms with E-state index in [1.54, 1.807) is 6.92 Å². The van der Waals surface area contributed by atoms with Crippen LogP contribution in [0.4, 0.5) is 0 Å². The summed E-state index contributed by atoms with van der Waals surface area (Å²) in [7, 11) is -3.42. The van der Waals surface area contributed by atoms with Crippen LogP contribution < -0.4 is 10.0 Å². The van der Waals surface area contributed by atoms with Crippen molar-refractivity contribution < 1.29 is 13.2 Å². The number of carbonyl (C=O) groups is 1. The van der Waals surface area contributed by atoms with E-state index in [0.29, 0.717) is 6.42 Å². The number of rotatable bonds is 7. The first-order valence-electron chi connectivity index (χ1n) is 5.18. The molecule has 5 nitrogen and oxygen atoms in total. The fraction of sp³-hybridized carbons (Fsp3) is 0.889. The van der Waals surface area contributed by atoms with E-state index in [0.717, 1.165) is 6.54 Å². The summed E-state index contributed by atoms with van der Waals surface area (Å²) in [5.74, 6) is -0.453. The first-order valence-corrected chi connectivity index (χ1v) is 6.83. The van der Waals surface area contributed by atoms with Crippen LogP contribution in [0.25, 0.3) is 0 Å². The Morgan fingerprint density at radius 3 is 2.40 bits per heavy atom. The summed E-state index contributed by atoms with van der Waals surface area (Å²) in [4.78, 5) is 11.3. The highest BCUT2D eigenvalue weighted by Gasteiger charge is 2.15. The molecular formula is C9H20N2O3S. The van der Waals surface area contributed by atoms with Crippen molar-refractivity contribution in [1.29, 1.82) is 0 Å². The Balaban J connectivity index is 4.03. The van der Waals surface area contributed by atoms with E-state index in [-0.39, 0.29) is 18.2 Å². The van der Waals surface area contributed by atoms with Crippen molar-refractivity contribution in [2.75, 3.05) is 12.3 Å². The Morgan fingerprint density at radius 1 is 1.33 bits per heavy atom. The van der Waals surface area contributed by atoms with Crippen molar-refractivity contribution >= 4 is 15.9 Å². The van der Waals surface area contributed by atoms with Crippen LogP contribution >= 0.6 is 0 Å². The molecule has 1 atom stereocenters. The maximum absolute atomic E-state index is 11.3. The van der Waals surface area contributed by atoms with Gasteiger partial charge in [0.2, 0.25) is 15.9 Å². The number of sulfonamides is 1. The number of hydrogen-bond donors (Lipinski definition) is 2. The lowest BCUT2D eigenvalue weighted by molar-refractivity contribution is -0.119. The zero-order chi connectivity index (χ0) is 11.9. The number of nitrogens with one attached hydrogen (secondary N) is 2. The SMILES string of the molecule is CCCS(=O)(=O)NC(=O)CC(C)NCC. The molecule has 0 aliphatic carbocycles. The number of hydrogen-bond acceptors (Lipinski definition) is 4. The van der Waals surface area contributed by atoms with Gasteiger partial charge in [-0.1, -0.05) is 13.8 Å². The second-order valence-electron chi connectivity index (χ2n) is 3.51. The Kier molecular flexibility index (Phi) is 6.51. The Hall–Kier alpha value is -0.620. The minimum Gasteiger partial charge on any atom is -0.314 e. The molecule has 2 N–H and O–H groups in total. The van der Waals surface area contributed by atoms with Gasteiger partial charge in [0.15, 0.2) is 0 Å². The summed E-state index contributed by atoms with van der Waals surface area (Å²) in [5.41, 5.74) is 0. The van der Waals surface area contributed by atoms with Gasteiger partial charge < -0.3 is 5.32 Å².